The number of carbonyl (C=O) groups excluding carboxylic acids is 1. The Bertz CT molecular complexity index is 281. The maximum atomic E-state index is 11.4. The number of hydrogen-bond donors (Lipinski definition) is 1. The van der Waals surface area contributed by atoms with E-state index in [1.54, 1.807) is 0 Å². The molecule has 0 aromatic carbocycles. The highest BCUT2D eigenvalue weighted by molar-refractivity contribution is 5.69. The summed E-state index contributed by atoms with van der Waals surface area (Å²) in [5.74, 6) is -0.0561. The standard InChI is InChI=1S/C23H47NO2/c1-2-3-4-5-6-7-8-9-10-11-12-13-14-15-16-19-22-26-23(25)20-17-18-21-24/h2-22,24H2,1H3. The predicted molar refractivity (Wildman–Crippen MR) is 113 cm³/mol. The number of rotatable bonds is 21. The first kappa shape index (κ1) is 25.4. The predicted octanol–water partition coefficient (Wildman–Crippen LogP) is 6.92. The summed E-state index contributed by atoms with van der Waals surface area (Å²) in [6, 6.07) is 0. The minimum absolute atomic E-state index is 0.0561. The van der Waals surface area contributed by atoms with Gasteiger partial charge in [0.15, 0.2) is 0 Å². The molecule has 0 fully saturated rings. The van der Waals surface area contributed by atoms with Crippen LogP contribution in [0.3, 0.4) is 0 Å². The highest BCUT2D eigenvalue weighted by Gasteiger charge is 2.01. The van der Waals surface area contributed by atoms with Crippen LogP contribution in [0.4, 0.5) is 0 Å². The van der Waals surface area contributed by atoms with Crippen molar-refractivity contribution in [2.75, 3.05) is 13.2 Å². The molecule has 156 valence electrons. The Labute approximate surface area is 163 Å². The lowest BCUT2D eigenvalue weighted by molar-refractivity contribution is -0.143. The van der Waals surface area contributed by atoms with Crippen molar-refractivity contribution in [3.63, 3.8) is 0 Å². The number of hydrogen-bond acceptors (Lipinski definition) is 3. The average molecular weight is 370 g/mol. The molecule has 0 aliphatic rings. The van der Waals surface area contributed by atoms with Crippen LogP contribution in [0, 0.1) is 0 Å². The molecule has 0 unspecified atom stereocenters. The van der Waals surface area contributed by atoms with E-state index in [1.165, 1.54) is 96.3 Å². The fourth-order valence-electron chi connectivity index (χ4n) is 3.32. The molecular weight excluding hydrogens is 322 g/mol. The summed E-state index contributed by atoms with van der Waals surface area (Å²) in [4.78, 5) is 11.4. The molecule has 0 bridgehead atoms. The lowest BCUT2D eigenvalue weighted by Gasteiger charge is -2.05. The Hall–Kier alpha value is -0.570. The van der Waals surface area contributed by atoms with Crippen LogP contribution in [0.15, 0.2) is 0 Å². The van der Waals surface area contributed by atoms with Crippen molar-refractivity contribution < 1.29 is 9.53 Å². The Morgan fingerprint density at radius 1 is 0.615 bits per heavy atom. The Morgan fingerprint density at radius 3 is 1.46 bits per heavy atom. The summed E-state index contributed by atoms with van der Waals surface area (Å²) in [5.41, 5.74) is 5.41. The molecule has 0 rings (SSSR count). The fraction of sp³-hybridized carbons (Fsp3) is 0.957. The van der Waals surface area contributed by atoms with Gasteiger partial charge in [0.05, 0.1) is 6.61 Å². The maximum Gasteiger partial charge on any atom is 0.305 e. The van der Waals surface area contributed by atoms with Crippen molar-refractivity contribution in [3.05, 3.63) is 0 Å². The van der Waals surface area contributed by atoms with Crippen LogP contribution in [0.1, 0.15) is 129 Å². The van der Waals surface area contributed by atoms with E-state index in [0.717, 1.165) is 19.3 Å². The van der Waals surface area contributed by atoms with Crippen LogP contribution in [-0.4, -0.2) is 19.1 Å². The summed E-state index contributed by atoms with van der Waals surface area (Å²) in [7, 11) is 0. The van der Waals surface area contributed by atoms with Gasteiger partial charge >= 0.3 is 5.97 Å². The van der Waals surface area contributed by atoms with Gasteiger partial charge in [-0.05, 0) is 25.8 Å². The largest absolute Gasteiger partial charge is 0.466 e. The third-order valence-corrected chi connectivity index (χ3v) is 5.10. The molecule has 0 spiro atoms. The second-order valence-corrected chi connectivity index (χ2v) is 7.77. The van der Waals surface area contributed by atoms with Gasteiger partial charge in [-0.15, -0.1) is 0 Å². The van der Waals surface area contributed by atoms with E-state index in [-0.39, 0.29) is 5.97 Å². The third kappa shape index (κ3) is 21.5. The van der Waals surface area contributed by atoms with Crippen molar-refractivity contribution in [1.29, 1.82) is 0 Å². The number of unbranched alkanes of at least 4 members (excludes halogenated alkanes) is 16. The molecule has 0 saturated carbocycles. The summed E-state index contributed by atoms with van der Waals surface area (Å²) >= 11 is 0. The Balaban J connectivity index is 3.06. The van der Waals surface area contributed by atoms with Gasteiger partial charge in [0.25, 0.3) is 0 Å². The molecule has 0 heterocycles. The summed E-state index contributed by atoms with van der Waals surface area (Å²) in [6.45, 7) is 3.54. The molecule has 0 radical (unpaired) electrons. The van der Waals surface area contributed by atoms with E-state index < -0.39 is 0 Å². The maximum absolute atomic E-state index is 11.4. The molecule has 0 aliphatic carbocycles. The molecule has 0 aromatic heterocycles. The molecule has 3 heteroatoms. The molecule has 0 atom stereocenters. The second kappa shape index (κ2) is 22.5. The van der Waals surface area contributed by atoms with Gasteiger partial charge in [-0.3, -0.25) is 4.79 Å². The monoisotopic (exact) mass is 369 g/mol. The highest BCUT2D eigenvalue weighted by Crippen LogP contribution is 2.13. The second-order valence-electron chi connectivity index (χ2n) is 7.77. The van der Waals surface area contributed by atoms with Gasteiger partial charge < -0.3 is 10.5 Å². The van der Waals surface area contributed by atoms with Gasteiger partial charge in [0, 0.05) is 6.42 Å². The summed E-state index contributed by atoms with van der Waals surface area (Å²) < 4.78 is 5.23. The molecule has 0 aromatic rings. The van der Waals surface area contributed by atoms with Gasteiger partial charge in [-0.1, -0.05) is 103 Å². The normalized spacial score (nSPS) is 11.0. The van der Waals surface area contributed by atoms with Crippen molar-refractivity contribution in [3.8, 4) is 0 Å². The van der Waals surface area contributed by atoms with E-state index in [9.17, 15) is 4.79 Å². The van der Waals surface area contributed by atoms with Crippen molar-refractivity contribution in [2.24, 2.45) is 5.73 Å². The highest BCUT2D eigenvalue weighted by atomic mass is 16.5. The minimum atomic E-state index is -0.0561. The van der Waals surface area contributed by atoms with Crippen LogP contribution >= 0.6 is 0 Å². The Kier molecular flexibility index (Phi) is 22.0. The third-order valence-electron chi connectivity index (χ3n) is 5.10. The molecule has 0 aliphatic heterocycles. The van der Waals surface area contributed by atoms with Crippen LogP contribution in [0.2, 0.25) is 0 Å². The summed E-state index contributed by atoms with van der Waals surface area (Å²) in [5, 5.41) is 0. The summed E-state index contributed by atoms with van der Waals surface area (Å²) in [6.07, 6.45) is 24.1. The van der Waals surface area contributed by atoms with Crippen LogP contribution in [0.25, 0.3) is 0 Å². The van der Waals surface area contributed by atoms with E-state index >= 15 is 0 Å². The van der Waals surface area contributed by atoms with Crippen LogP contribution in [-0.2, 0) is 9.53 Å². The topological polar surface area (TPSA) is 52.3 Å². The van der Waals surface area contributed by atoms with E-state index in [4.69, 9.17) is 10.5 Å². The Morgan fingerprint density at radius 2 is 1.04 bits per heavy atom. The van der Waals surface area contributed by atoms with Crippen LogP contribution in [0.5, 0.6) is 0 Å². The number of carbonyl (C=O) groups is 1. The van der Waals surface area contributed by atoms with Gasteiger partial charge in [-0.25, -0.2) is 0 Å². The first-order valence-electron chi connectivity index (χ1n) is 11.7. The van der Waals surface area contributed by atoms with Gasteiger partial charge in [0.2, 0.25) is 0 Å². The zero-order valence-corrected chi connectivity index (χ0v) is 17.7. The lowest BCUT2D eigenvalue weighted by Crippen LogP contribution is -2.07. The molecule has 3 nitrogen and oxygen atoms in total. The fourth-order valence-corrected chi connectivity index (χ4v) is 3.32. The zero-order valence-electron chi connectivity index (χ0n) is 17.7. The molecule has 26 heavy (non-hydrogen) atoms. The molecule has 0 amide bonds. The first-order chi connectivity index (χ1) is 12.8. The number of esters is 1. The smallest absolute Gasteiger partial charge is 0.305 e. The molecule has 0 saturated heterocycles. The van der Waals surface area contributed by atoms with Crippen molar-refractivity contribution >= 4 is 5.97 Å². The number of nitrogens with two attached hydrogens (primary N) is 1. The SMILES string of the molecule is CCCCCCCCCCCCCCCCCCOC(=O)CCCCN. The van der Waals surface area contributed by atoms with Gasteiger partial charge in [0.1, 0.15) is 0 Å². The molecular formula is C23H47NO2. The molecule has 2 N–H and O–H groups in total. The first-order valence-corrected chi connectivity index (χ1v) is 11.7. The number of ether oxygens (including phenoxy) is 1. The van der Waals surface area contributed by atoms with E-state index in [1.807, 2.05) is 0 Å². The quantitative estimate of drug-likeness (QED) is 0.176. The van der Waals surface area contributed by atoms with E-state index in [0.29, 0.717) is 19.6 Å². The van der Waals surface area contributed by atoms with Crippen molar-refractivity contribution in [1.82, 2.24) is 0 Å². The lowest BCUT2D eigenvalue weighted by atomic mass is 10.0. The van der Waals surface area contributed by atoms with Crippen LogP contribution < -0.4 is 5.73 Å². The van der Waals surface area contributed by atoms with Crippen molar-refractivity contribution in [2.45, 2.75) is 129 Å². The minimum Gasteiger partial charge on any atom is -0.466 e. The van der Waals surface area contributed by atoms with E-state index in [2.05, 4.69) is 6.92 Å². The zero-order chi connectivity index (χ0) is 19.1. The average Bonchev–Trinajstić information content (AvgIpc) is 2.64. The van der Waals surface area contributed by atoms with Gasteiger partial charge in [-0.2, -0.15) is 0 Å².